The molecule has 1 aromatic heterocycles. The summed E-state index contributed by atoms with van der Waals surface area (Å²) in [6, 6.07) is 11.2. The van der Waals surface area contributed by atoms with E-state index in [0.29, 0.717) is 16.7 Å². The number of rotatable bonds is 6. The Bertz CT molecular complexity index is 1280. The molecular formula is C24H21F4N3O4S. The van der Waals surface area contributed by atoms with Crippen molar-refractivity contribution in [3.8, 4) is 22.4 Å². The quantitative estimate of drug-likeness (QED) is 0.347. The third kappa shape index (κ3) is 5.71. The number of alkyl halides is 3. The van der Waals surface area contributed by atoms with Gasteiger partial charge in [-0.15, -0.1) is 0 Å². The van der Waals surface area contributed by atoms with E-state index in [4.69, 9.17) is 4.55 Å². The highest BCUT2D eigenvalue weighted by molar-refractivity contribution is 7.78. The number of hydrogen-bond acceptors (Lipinski definition) is 5. The minimum atomic E-state index is -4.86. The van der Waals surface area contributed by atoms with E-state index >= 15 is 0 Å². The molecule has 0 bridgehead atoms. The summed E-state index contributed by atoms with van der Waals surface area (Å²) >= 11 is -2.09. The van der Waals surface area contributed by atoms with E-state index in [2.05, 4.69) is 9.97 Å². The second-order valence-electron chi connectivity index (χ2n) is 8.36. The number of carbonyl (C=O) groups is 1. The lowest BCUT2D eigenvalue weighted by molar-refractivity contribution is -0.144. The molecular weight excluding hydrogens is 502 g/mol. The van der Waals surface area contributed by atoms with Gasteiger partial charge in [0.1, 0.15) is 11.6 Å². The molecule has 7 nitrogen and oxygen atoms in total. The van der Waals surface area contributed by atoms with Crippen LogP contribution in [-0.2, 0) is 27.8 Å². The molecule has 190 valence electrons. The van der Waals surface area contributed by atoms with Crippen LogP contribution < -0.4 is 4.90 Å². The van der Waals surface area contributed by atoms with Gasteiger partial charge in [0, 0.05) is 18.7 Å². The average Bonchev–Trinajstić information content (AvgIpc) is 2.83. The van der Waals surface area contributed by atoms with Crippen LogP contribution in [0.1, 0.15) is 24.2 Å². The summed E-state index contributed by atoms with van der Waals surface area (Å²) in [7, 11) is 0. The topological polar surface area (TPSA) is 104 Å². The molecule has 0 spiro atoms. The van der Waals surface area contributed by atoms with Crippen LogP contribution in [0.25, 0.3) is 22.4 Å². The van der Waals surface area contributed by atoms with Gasteiger partial charge in [0.15, 0.2) is 11.1 Å². The van der Waals surface area contributed by atoms with Gasteiger partial charge in [-0.3, -0.25) is 4.79 Å². The average molecular weight is 524 g/mol. The van der Waals surface area contributed by atoms with Crippen LogP contribution in [0.5, 0.6) is 0 Å². The zero-order chi connectivity index (χ0) is 26.0. The second kappa shape index (κ2) is 10.3. The van der Waals surface area contributed by atoms with Crippen molar-refractivity contribution in [2.24, 2.45) is 5.92 Å². The van der Waals surface area contributed by atoms with E-state index in [0.717, 1.165) is 0 Å². The van der Waals surface area contributed by atoms with Gasteiger partial charge >= 0.3 is 12.1 Å². The van der Waals surface area contributed by atoms with Crippen LogP contribution in [0.2, 0.25) is 0 Å². The van der Waals surface area contributed by atoms with Gasteiger partial charge < -0.3 is 14.6 Å². The predicted molar refractivity (Wildman–Crippen MR) is 125 cm³/mol. The molecule has 0 radical (unpaired) electrons. The summed E-state index contributed by atoms with van der Waals surface area (Å²) in [4.78, 5) is 20.7. The lowest BCUT2D eigenvalue weighted by Crippen LogP contribution is -2.37. The third-order valence-electron chi connectivity index (χ3n) is 5.94. The summed E-state index contributed by atoms with van der Waals surface area (Å²) in [6.45, 7) is 0.334. The first kappa shape index (κ1) is 25.7. The Kier molecular flexibility index (Phi) is 7.36. The van der Waals surface area contributed by atoms with Crippen molar-refractivity contribution in [2.75, 3.05) is 18.0 Å². The number of aromatic nitrogens is 2. The van der Waals surface area contributed by atoms with Crippen molar-refractivity contribution in [1.82, 2.24) is 9.97 Å². The lowest BCUT2D eigenvalue weighted by atomic mass is 9.94. The van der Waals surface area contributed by atoms with Gasteiger partial charge in [-0.1, -0.05) is 36.4 Å². The first-order valence-electron chi connectivity index (χ1n) is 10.9. The Hall–Kier alpha value is -3.38. The van der Waals surface area contributed by atoms with Gasteiger partial charge in [0.25, 0.3) is 0 Å². The minimum Gasteiger partial charge on any atom is -0.481 e. The van der Waals surface area contributed by atoms with Crippen LogP contribution in [-0.4, -0.2) is 42.9 Å². The molecule has 36 heavy (non-hydrogen) atoms. The molecule has 0 aliphatic carbocycles. The van der Waals surface area contributed by atoms with Crippen molar-refractivity contribution < 1.29 is 36.2 Å². The Balaban J connectivity index is 1.91. The summed E-state index contributed by atoms with van der Waals surface area (Å²) in [6.07, 6.45) is -4.41. The zero-order valence-electron chi connectivity index (χ0n) is 18.7. The van der Waals surface area contributed by atoms with Crippen molar-refractivity contribution in [3.05, 3.63) is 65.7 Å². The van der Waals surface area contributed by atoms with Crippen LogP contribution >= 0.6 is 0 Å². The molecule has 0 amide bonds. The standard InChI is InChI=1S/C24H21F4N3O4S/c25-18-7-5-15(6-8-18)19-20(16-3-1-14(2-4-16)13-36(34)35)29-23(24(26,27)28)30-21(19)31-11-9-17(10-12-31)22(32)33/h1-8,17H,9-13H2,(H,32,33)(H,34,35). The van der Waals surface area contributed by atoms with Crippen molar-refractivity contribution >= 4 is 22.9 Å². The van der Waals surface area contributed by atoms with E-state index in [9.17, 15) is 31.7 Å². The number of carboxylic acid groups (broad SMARTS) is 1. The number of hydrogen-bond donors (Lipinski definition) is 2. The molecule has 1 aliphatic rings. The zero-order valence-corrected chi connectivity index (χ0v) is 19.5. The highest BCUT2D eigenvalue weighted by Crippen LogP contribution is 2.41. The smallest absolute Gasteiger partial charge is 0.451 e. The van der Waals surface area contributed by atoms with Crippen LogP contribution in [0.3, 0.4) is 0 Å². The summed E-state index contributed by atoms with van der Waals surface area (Å²) in [5, 5.41) is 9.31. The lowest BCUT2D eigenvalue weighted by Gasteiger charge is -2.33. The highest BCUT2D eigenvalue weighted by Gasteiger charge is 2.38. The molecule has 1 saturated heterocycles. The number of piperidine rings is 1. The Labute approximate surface area is 206 Å². The van der Waals surface area contributed by atoms with E-state index < -0.39 is 40.8 Å². The minimum absolute atomic E-state index is 0.0247. The van der Waals surface area contributed by atoms with Gasteiger partial charge in [0.2, 0.25) is 5.82 Å². The number of halogens is 4. The molecule has 2 heterocycles. The molecule has 2 aromatic carbocycles. The largest absolute Gasteiger partial charge is 0.481 e. The summed E-state index contributed by atoms with van der Waals surface area (Å²) < 4.78 is 75.5. The Morgan fingerprint density at radius 2 is 1.58 bits per heavy atom. The van der Waals surface area contributed by atoms with E-state index in [1.165, 1.54) is 48.5 Å². The molecule has 1 fully saturated rings. The van der Waals surface area contributed by atoms with Crippen molar-refractivity contribution in [3.63, 3.8) is 0 Å². The van der Waals surface area contributed by atoms with E-state index in [-0.39, 0.29) is 48.8 Å². The maximum absolute atomic E-state index is 13.9. The van der Waals surface area contributed by atoms with Crippen LogP contribution in [0, 0.1) is 11.7 Å². The molecule has 4 rings (SSSR count). The summed E-state index contributed by atoms with van der Waals surface area (Å²) in [5.41, 5.74) is 1.39. The highest BCUT2D eigenvalue weighted by atomic mass is 32.2. The predicted octanol–water partition coefficient (Wildman–Crippen LogP) is 4.99. The fourth-order valence-corrected chi connectivity index (χ4v) is 4.61. The summed E-state index contributed by atoms with van der Waals surface area (Å²) in [5.74, 6) is -3.63. The van der Waals surface area contributed by atoms with Gasteiger partial charge in [-0.05, 0) is 36.1 Å². The number of anilines is 1. The van der Waals surface area contributed by atoms with Gasteiger partial charge in [-0.25, -0.2) is 18.6 Å². The molecule has 1 atom stereocenters. The Morgan fingerprint density at radius 1 is 1.00 bits per heavy atom. The molecule has 1 aliphatic heterocycles. The van der Waals surface area contributed by atoms with E-state index in [1.807, 2.05) is 0 Å². The maximum Gasteiger partial charge on any atom is 0.451 e. The molecule has 3 aromatic rings. The normalized spacial score (nSPS) is 15.6. The molecule has 2 N–H and O–H groups in total. The van der Waals surface area contributed by atoms with Gasteiger partial charge in [-0.2, -0.15) is 13.2 Å². The first-order valence-corrected chi connectivity index (χ1v) is 12.2. The monoisotopic (exact) mass is 523 g/mol. The second-order valence-corrected chi connectivity index (χ2v) is 9.29. The molecule has 12 heteroatoms. The third-order valence-corrected chi connectivity index (χ3v) is 6.52. The first-order chi connectivity index (χ1) is 17.0. The van der Waals surface area contributed by atoms with Crippen LogP contribution in [0.4, 0.5) is 23.4 Å². The van der Waals surface area contributed by atoms with Crippen molar-refractivity contribution in [1.29, 1.82) is 0 Å². The fraction of sp³-hybridized carbons (Fsp3) is 0.292. The van der Waals surface area contributed by atoms with E-state index in [1.54, 1.807) is 4.90 Å². The number of aliphatic carboxylic acids is 1. The number of benzene rings is 2. The number of carboxylic acids is 1. The number of nitrogens with zero attached hydrogens (tertiary/aromatic N) is 3. The fourth-order valence-electron chi connectivity index (χ4n) is 4.14. The maximum atomic E-state index is 13.9. The SMILES string of the molecule is O=C(O)C1CCN(c2nc(C(F)(F)F)nc(-c3ccc(CS(=O)O)cc3)c2-c2ccc(F)cc2)CC1. The van der Waals surface area contributed by atoms with Crippen LogP contribution in [0.15, 0.2) is 48.5 Å². The van der Waals surface area contributed by atoms with Gasteiger partial charge in [0.05, 0.1) is 22.9 Å². The molecule has 0 saturated carbocycles. The molecule has 1 unspecified atom stereocenters. The van der Waals surface area contributed by atoms with Crippen molar-refractivity contribution in [2.45, 2.75) is 24.8 Å². The Morgan fingerprint density at radius 3 is 2.11 bits per heavy atom.